The van der Waals surface area contributed by atoms with Crippen LogP contribution in [0.4, 0.5) is 5.82 Å². The zero-order valence-corrected chi connectivity index (χ0v) is 15.2. The van der Waals surface area contributed by atoms with Crippen molar-refractivity contribution >= 4 is 17.6 Å². The molecule has 1 fully saturated rings. The van der Waals surface area contributed by atoms with Crippen LogP contribution in [0.25, 0.3) is 0 Å². The summed E-state index contributed by atoms with van der Waals surface area (Å²) in [6, 6.07) is 3.52. The van der Waals surface area contributed by atoms with E-state index in [9.17, 15) is 9.59 Å². The number of carbonyl (C=O) groups excluding carboxylic acids is 2. The minimum absolute atomic E-state index is 0.262. The van der Waals surface area contributed by atoms with Crippen LogP contribution in [0.3, 0.4) is 0 Å². The Morgan fingerprint density at radius 2 is 2.04 bits per heavy atom. The van der Waals surface area contributed by atoms with E-state index in [-0.39, 0.29) is 11.8 Å². The summed E-state index contributed by atoms with van der Waals surface area (Å²) in [4.78, 5) is 36.1. The number of carbonyl (C=O) groups is 2. The molecule has 7 nitrogen and oxygen atoms in total. The fourth-order valence-corrected chi connectivity index (χ4v) is 3.25. The molecule has 0 aliphatic carbocycles. The number of unbranched alkanes of at least 4 members (excludes halogenated alkanes) is 1. The Morgan fingerprint density at radius 3 is 2.72 bits per heavy atom. The van der Waals surface area contributed by atoms with Crippen molar-refractivity contribution in [3.63, 3.8) is 0 Å². The van der Waals surface area contributed by atoms with Gasteiger partial charge in [-0.05, 0) is 32.5 Å². The highest BCUT2D eigenvalue weighted by molar-refractivity contribution is 6.16. The summed E-state index contributed by atoms with van der Waals surface area (Å²) < 4.78 is 5.93. The summed E-state index contributed by atoms with van der Waals surface area (Å²) in [5.41, 5.74) is -1.53. The first-order valence-electron chi connectivity index (χ1n) is 8.91. The van der Waals surface area contributed by atoms with Crippen LogP contribution in [0.15, 0.2) is 18.3 Å². The Labute approximate surface area is 148 Å². The molecular weight excluding hydrogens is 320 g/mol. The third kappa shape index (κ3) is 3.20. The molecule has 2 aliphatic rings. The number of fused-ring (bicyclic) bond motifs is 1. The molecule has 2 aliphatic heterocycles. The fourth-order valence-electron chi connectivity index (χ4n) is 3.25. The molecule has 0 N–H and O–H groups in total. The average Bonchev–Trinajstić information content (AvgIpc) is 2.62. The number of piperazine rings is 1. The van der Waals surface area contributed by atoms with Gasteiger partial charge in [0.15, 0.2) is 11.6 Å². The Balaban J connectivity index is 1.90. The molecule has 3 rings (SSSR count). The number of rotatable bonds is 4. The maximum absolute atomic E-state index is 13.2. The molecule has 7 heteroatoms. The van der Waals surface area contributed by atoms with Crippen LogP contribution in [0.5, 0.6) is 5.75 Å². The van der Waals surface area contributed by atoms with E-state index in [0.717, 1.165) is 25.9 Å². The van der Waals surface area contributed by atoms with Crippen LogP contribution in [0.1, 0.15) is 26.7 Å². The van der Waals surface area contributed by atoms with E-state index in [0.29, 0.717) is 31.2 Å². The van der Waals surface area contributed by atoms with E-state index >= 15 is 0 Å². The number of anilines is 1. The van der Waals surface area contributed by atoms with E-state index in [2.05, 4.69) is 16.8 Å². The molecular formula is C18H26N4O3. The lowest BCUT2D eigenvalue weighted by atomic mass is 9.99. The van der Waals surface area contributed by atoms with Gasteiger partial charge in [0.2, 0.25) is 0 Å². The normalized spacial score (nSPS) is 24.0. The molecule has 0 spiro atoms. The minimum atomic E-state index is -1.53. The second kappa shape index (κ2) is 7.00. The number of likely N-dealkylation sites (N-methyl/N-ethyl adjacent to an activating group) is 1. The first kappa shape index (κ1) is 17.7. The summed E-state index contributed by atoms with van der Waals surface area (Å²) in [6.07, 6.45) is 3.44. The van der Waals surface area contributed by atoms with Crippen molar-refractivity contribution < 1.29 is 14.3 Å². The van der Waals surface area contributed by atoms with Gasteiger partial charge in [0.1, 0.15) is 0 Å². The number of nitrogens with zero attached hydrogens (tertiary/aromatic N) is 4. The van der Waals surface area contributed by atoms with Gasteiger partial charge in [0.05, 0.1) is 0 Å². The zero-order chi connectivity index (χ0) is 18.0. The van der Waals surface area contributed by atoms with Gasteiger partial charge < -0.3 is 14.5 Å². The number of aromatic nitrogens is 1. The highest BCUT2D eigenvalue weighted by atomic mass is 16.5. The predicted octanol–water partition coefficient (Wildman–Crippen LogP) is 1.14. The maximum atomic E-state index is 13.2. The topological polar surface area (TPSA) is 66.0 Å². The monoisotopic (exact) mass is 346 g/mol. The Hall–Kier alpha value is -2.15. The van der Waals surface area contributed by atoms with Crippen molar-refractivity contribution in [1.29, 1.82) is 0 Å². The summed E-state index contributed by atoms with van der Waals surface area (Å²) in [6.45, 7) is 7.01. The number of ether oxygens (including phenoxy) is 1. The molecule has 1 atom stereocenters. The van der Waals surface area contributed by atoms with E-state index in [4.69, 9.17) is 4.74 Å². The second-order valence-electron chi connectivity index (χ2n) is 6.87. The van der Waals surface area contributed by atoms with Crippen molar-refractivity contribution in [2.45, 2.75) is 32.3 Å². The highest BCUT2D eigenvalue weighted by Crippen LogP contribution is 2.37. The number of hydrogen-bond donors (Lipinski definition) is 0. The van der Waals surface area contributed by atoms with Crippen LogP contribution in [0.2, 0.25) is 0 Å². The number of amides is 2. The summed E-state index contributed by atoms with van der Waals surface area (Å²) >= 11 is 0. The molecule has 2 amide bonds. The highest BCUT2D eigenvalue weighted by Gasteiger charge is 2.52. The lowest BCUT2D eigenvalue weighted by Gasteiger charge is -2.42. The van der Waals surface area contributed by atoms with Gasteiger partial charge in [-0.1, -0.05) is 13.3 Å². The minimum Gasteiger partial charge on any atom is -0.464 e. The van der Waals surface area contributed by atoms with Crippen LogP contribution in [-0.2, 0) is 9.59 Å². The largest absolute Gasteiger partial charge is 0.464 e. The SMILES string of the molecule is CCCCN1C(=O)[C@@](C)(C(=O)N2CCN(C)CC2)Oc2cccnc21. The molecule has 1 aromatic rings. The van der Waals surface area contributed by atoms with Crippen molar-refractivity contribution in [1.82, 2.24) is 14.8 Å². The lowest BCUT2D eigenvalue weighted by molar-refractivity contribution is -0.157. The van der Waals surface area contributed by atoms with Crippen molar-refractivity contribution in [3.8, 4) is 5.75 Å². The molecule has 0 radical (unpaired) electrons. The molecule has 3 heterocycles. The van der Waals surface area contributed by atoms with Crippen molar-refractivity contribution in [2.75, 3.05) is 44.7 Å². The summed E-state index contributed by atoms with van der Waals surface area (Å²) in [5, 5.41) is 0. The molecule has 0 aromatic carbocycles. The number of hydrogen-bond acceptors (Lipinski definition) is 5. The maximum Gasteiger partial charge on any atom is 0.282 e. The fraction of sp³-hybridized carbons (Fsp3) is 0.611. The van der Waals surface area contributed by atoms with Crippen LogP contribution < -0.4 is 9.64 Å². The smallest absolute Gasteiger partial charge is 0.282 e. The third-order valence-corrected chi connectivity index (χ3v) is 4.91. The van der Waals surface area contributed by atoms with Gasteiger partial charge in [0, 0.05) is 38.9 Å². The molecule has 1 saturated heterocycles. The van der Waals surface area contributed by atoms with Crippen LogP contribution >= 0.6 is 0 Å². The van der Waals surface area contributed by atoms with Gasteiger partial charge in [-0.25, -0.2) is 4.98 Å². The predicted molar refractivity (Wildman–Crippen MR) is 94.6 cm³/mol. The molecule has 0 saturated carbocycles. The van der Waals surface area contributed by atoms with Gasteiger partial charge in [-0.2, -0.15) is 0 Å². The van der Waals surface area contributed by atoms with E-state index in [1.807, 2.05) is 7.05 Å². The average molecular weight is 346 g/mol. The lowest BCUT2D eigenvalue weighted by Crippen LogP contribution is -2.64. The van der Waals surface area contributed by atoms with Crippen LogP contribution in [-0.4, -0.2) is 72.0 Å². The molecule has 0 unspecified atom stereocenters. The standard InChI is InChI=1S/C18H26N4O3/c1-4-5-9-22-15-14(7-6-8-19-15)25-18(2,17(22)24)16(23)21-12-10-20(3)11-13-21/h6-8H,4-5,9-13H2,1-3H3/t18-/m1/s1. The molecule has 25 heavy (non-hydrogen) atoms. The Morgan fingerprint density at radius 1 is 1.32 bits per heavy atom. The van der Waals surface area contributed by atoms with Crippen molar-refractivity contribution in [2.24, 2.45) is 0 Å². The van der Waals surface area contributed by atoms with Crippen LogP contribution in [0, 0.1) is 0 Å². The first-order valence-corrected chi connectivity index (χ1v) is 8.91. The van der Waals surface area contributed by atoms with E-state index in [1.165, 1.54) is 0 Å². The summed E-state index contributed by atoms with van der Waals surface area (Å²) in [5.74, 6) is 0.408. The molecule has 136 valence electrons. The van der Waals surface area contributed by atoms with Gasteiger partial charge in [0.25, 0.3) is 17.4 Å². The zero-order valence-electron chi connectivity index (χ0n) is 15.2. The van der Waals surface area contributed by atoms with E-state index in [1.54, 1.807) is 35.1 Å². The second-order valence-corrected chi connectivity index (χ2v) is 6.87. The van der Waals surface area contributed by atoms with E-state index < -0.39 is 5.60 Å². The number of pyridine rings is 1. The Bertz CT molecular complexity index is 657. The van der Waals surface area contributed by atoms with Gasteiger partial charge in [-0.3, -0.25) is 14.5 Å². The Kier molecular flexibility index (Phi) is 4.94. The van der Waals surface area contributed by atoms with Gasteiger partial charge >= 0.3 is 0 Å². The quantitative estimate of drug-likeness (QED) is 0.765. The van der Waals surface area contributed by atoms with Crippen molar-refractivity contribution in [3.05, 3.63) is 18.3 Å². The first-order chi connectivity index (χ1) is 12.0. The molecule has 0 bridgehead atoms. The molecule has 1 aromatic heterocycles. The third-order valence-electron chi connectivity index (χ3n) is 4.91. The summed E-state index contributed by atoms with van der Waals surface area (Å²) in [7, 11) is 2.03. The van der Waals surface area contributed by atoms with Gasteiger partial charge in [-0.15, -0.1) is 0 Å².